The third-order valence-corrected chi connectivity index (χ3v) is 2.78. The lowest BCUT2D eigenvalue weighted by atomic mass is 10.1. The number of amides is 3. The minimum Gasteiger partial charge on any atom is -0.480 e. The van der Waals surface area contributed by atoms with Crippen LogP contribution in [0.3, 0.4) is 0 Å². The Labute approximate surface area is 122 Å². The first-order valence-electron chi connectivity index (χ1n) is 6.58. The molecule has 1 rings (SSSR count). The highest BCUT2D eigenvalue weighted by atomic mass is 16.4. The summed E-state index contributed by atoms with van der Waals surface area (Å²) >= 11 is 0. The summed E-state index contributed by atoms with van der Waals surface area (Å²) in [4.78, 5) is 33.0. The molecule has 0 aromatic heterocycles. The minimum absolute atomic E-state index is 0.406. The zero-order chi connectivity index (χ0) is 15.7. The molecule has 5 N–H and O–H groups in total. The van der Waals surface area contributed by atoms with Crippen LogP contribution < -0.4 is 16.4 Å². The van der Waals surface area contributed by atoms with Crippen LogP contribution in [-0.4, -0.2) is 35.6 Å². The number of carboxylic acids is 1. The number of hydrogen-bond acceptors (Lipinski definition) is 3. The molecule has 0 spiro atoms. The number of nitrogens with two attached hydrogens (primary N) is 1. The predicted octanol–water partition coefficient (Wildman–Crippen LogP) is 0.247. The van der Waals surface area contributed by atoms with Crippen LogP contribution in [0.1, 0.15) is 18.4 Å². The van der Waals surface area contributed by atoms with Crippen LogP contribution in [0.5, 0.6) is 0 Å². The van der Waals surface area contributed by atoms with E-state index in [1.807, 2.05) is 30.3 Å². The van der Waals surface area contributed by atoms with Gasteiger partial charge in [-0.2, -0.15) is 0 Å². The fourth-order valence-corrected chi connectivity index (χ4v) is 1.75. The number of urea groups is 1. The van der Waals surface area contributed by atoms with Gasteiger partial charge in [-0.1, -0.05) is 30.3 Å². The summed E-state index contributed by atoms with van der Waals surface area (Å²) in [5.41, 5.74) is 6.08. The Morgan fingerprint density at radius 2 is 1.86 bits per heavy atom. The van der Waals surface area contributed by atoms with Crippen LogP contribution in [-0.2, 0) is 16.0 Å². The summed E-state index contributed by atoms with van der Waals surface area (Å²) in [6, 6.07) is 7.86. The summed E-state index contributed by atoms with van der Waals surface area (Å²) in [6.45, 7) is 0.406. The molecule has 1 unspecified atom stereocenters. The van der Waals surface area contributed by atoms with Crippen LogP contribution >= 0.6 is 0 Å². The van der Waals surface area contributed by atoms with Gasteiger partial charge in [0.1, 0.15) is 6.04 Å². The standard InChI is InChI=1S/C14H19N3O4/c15-12(18)9-11(13(19)20)17-14(21)16-8-4-7-10-5-2-1-3-6-10/h1-3,5-6,11H,4,7-9H2,(H2,15,18)(H,19,20)(H2,16,17,21). The molecule has 21 heavy (non-hydrogen) atoms. The molecule has 0 aliphatic heterocycles. The number of aliphatic carboxylic acids is 1. The Morgan fingerprint density at radius 3 is 2.43 bits per heavy atom. The van der Waals surface area contributed by atoms with Crippen molar-refractivity contribution in [3.63, 3.8) is 0 Å². The summed E-state index contributed by atoms with van der Waals surface area (Å²) in [7, 11) is 0. The SMILES string of the molecule is NC(=O)CC(NC(=O)NCCCc1ccccc1)C(=O)O. The molecule has 1 aromatic rings. The quantitative estimate of drug-likeness (QED) is 0.513. The molecule has 0 fully saturated rings. The Hall–Kier alpha value is -2.57. The van der Waals surface area contributed by atoms with E-state index in [4.69, 9.17) is 10.8 Å². The van der Waals surface area contributed by atoms with Crippen molar-refractivity contribution in [3.8, 4) is 0 Å². The second kappa shape index (κ2) is 8.57. The minimum atomic E-state index is -1.31. The van der Waals surface area contributed by atoms with Crippen molar-refractivity contribution in [2.45, 2.75) is 25.3 Å². The highest BCUT2D eigenvalue weighted by Gasteiger charge is 2.21. The van der Waals surface area contributed by atoms with E-state index in [9.17, 15) is 14.4 Å². The van der Waals surface area contributed by atoms with Crippen molar-refractivity contribution < 1.29 is 19.5 Å². The van der Waals surface area contributed by atoms with E-state index in [0.717, 1.165) is 18.4 Å². The number of hydrogen-bond donors (Lipinski definition) is 4. The zero-order valence-electron chi connectivity index (χ0n) is 11.5. The molecule has 0 bridgehead atoms. The molecule has 3 amide bonds. The van der Waals surface area contributed by atoms with Gasteiger partial charge >= 0.3 is 12.0 Å². The van der Waals surface area contributed by atoms with Gasteiger partial charge < -0.3 is 21.5 Å². The maximum atomic E-state index is 11.5. The van der Waals surface area contributed by atoms with Crippen LogP contribution in [0, 0.1) is 0 Å². The first-order chi connectivity index (χ1) is 9.99. The monoisotopic (exact) mass is 293 g/mol. The van der Waals surface area contributed by atoms with Crippen molar-refractivity contribution in [1.82, 2.24) is 10.6 Å². The van der Waals surface area contributed by atoms with Gasteiger partial charge in [-0.15, -0.1) is 0 Å². The number of nitrogens with one attached hydrogen (secondary N) is 2. The summed E-state index contributed by atoms with van der Waals surface area (Å²) in [5, 5.41) is 13.6. The van der Waals surface area contributed by atoms with Gasteiger partial charge in [0.25, 0.3) is 0 Å². The number of rotatable bonds is 8. The first-order valence-corrected chi connectivity index (χ1v) is 6.58. The Balaban J connectivity index is 2.26. The molecule has 1 aromatic carbocycles. The Morgan fingerprint density at radius 1 is 1.19 bits per heavy atom. The molecule has 114 valence electrons. The molecule has 0 radical (unpaired) electrons. The average Bonchev–Trinajstić information content (AvgIpc) is 2.43. The largest absolute Gasteiger partial charge is 0.480 e. The smallest absolute Gasteiger partial charge is 0.326 e. The van der Waals surface area contributed by atoms with E-state index in [2.05, 4.69) is 10.6 Å². The van der Waals surface area contributed by atoms with Gasteiger partial charge in [0.2, 0.25) is 5.91 Å². The molecule has 0 saturated carbocycles. The van der Waals surface area contributed by atoms with Gasteiger partial charge in [0, 0.05) is 6.54 Å². The second-order valence-corrected chi connectivity index (χ2v) is 4.55. The van der Waals surface area contributed by atoms with Gasteiger partial charge in [-0.3, -0.25) is 4.79 Å². The van der Waals surface area contributed by atoms with Crippen molar-refractivity contribution in [3.05, 3.63) is 35.9 Å². The molecule has 7 nitrogen and oxygen atoms in total. The second-order valence-electron chi connectivity index (χ2n) is 4.55. The fourth-order valence-electron chi connectivity index (χ4n) is 1.75. The normalized spacial score (nSPS) is 11.4. The molecular weight excluding hydrogens is 274 g/mol. The van der Waals surface area contributed by atoms with Crippen molar-refractivity contribution >= 4 is 17.9 Å². The summed E-state index contributed by atoms with van der Waals surface area (Å²) in [5.74, 6) is -2.08. The van der Waals surface area contributed by atoms with E-state index in [0.29, 0.717) is 6.54 Å². The molecule has 7 heteroatoms. The Bertz CT molecular complexity index is 490. The van der Waals surface area contributed by atoms with Crippen molar-refractivity contribution in [2.75, 3.05) is 6.54 Å². The van der Waals surface area contributed by atoms with Crippen LogP contribution in [0.15, 0.2) is 30.3 Å². The lowest BCUT2D eigenvalue weighted by Gasteiger charge is -2.13. The lowest BCUT2D eigenvalue weighted by molar-refractivity contribution is -0.140. The number of carbonyl (C=O) groups excluding carboxylic acids is 2. The number of carbonyl (C=O) groups is 3. The van der Waals surface area contributed by atoms with Crippen LogP contribution in [0.2, 0.25) is 0 Å². The highest BCUT2D eigenvalue weighted by Crippen LogP contribution is 2.01. The topological polar surface area (TPSA) is 122 Å². The van der Waals surface area contributed by atoms with Gasteiger partial charge in [-0.25, -0.2) is 9.59 Å². The van der Waals surface area contributed by atoms with E-state index in [-0.39, 0.29) is 0 Å². The molecule has 0 heterocycles. The summed E-state index contributed by atoms with van der Waals surface area (Å²) < 4.78 is 0. The maximum Gasteiger partial charge on any atom is 0.326 e. The third-order valence-electron chi connectivity index (χ3n) is 2.78. The molecule has 0 saturated heterocycles. The number of benzene rings is 1. The summed E-state index contributed by atoms with van der Waals surface area (Å²) in [6.07, 6.45) is 1.10. The van der Waals surface area contributed by atoms with Crippen LogP contribution in [0.25, 0.3) is 0 Å². The van der Waals surface area contributed by atoms with Crippen LogP contribution in [0.4, 0.5) is 4.79 Å². The van der Waals surface area contributed by atoms with Gasteiger partial charge in [0.05, 0.1) is 6.42 Å². The predicted molar refractivity (Wildman–Crippen MR) is 76.5 cm³/mol. The highest BCUT2D eigenvalue weighted by molar-refractivity contribution is 5.87. The van der Waals surface area contributed by atoms with E-state index < -0.39 is 30.4 Å². The molecule has 0 aliphatic rings. The number of aryl methyl sites for hydroxylation is 1. The zero-order valence-corrected chi connectivity index (χ0v) is 11.5. The van der Waals surface area contributed by atoms with Crippen molar-refractivity contribution in [2.24, 2.45) is 5.73 Å². The fraction of sp³-hybridized carbons (Fsp3) is 0.357. The van der Waals surface area contributed by atoms with E-state index in [1.54, 1.807) is 0 Å². The number of primary amides is 1. The Kier molecular flexibility index (Phi) is 6.73. The van der Waals surface area contributed by atoms with E-state index in [1.165, 1.54) is 0 Å². The third kappa shape index (κ3) is 6.95. The van der Waals surface area contributed by atoms with E-state index >= 15 is 0 Å². The number of carboxylic acid groups (broad SMARTS) is 1. The van der Waals surface area contributed by atoms with Crippen molar-refractivity contribution in [1.29, 1.82) is 0 Å². The average molecular weight is 293 g/mol. The molecular formula is C14H19N3O4. The maximum absolute atomic E-state index is 11.5. The molecule has 1 atom stereocenters. The lowest BCUT2D eigenvalue weighted by Crippen LogP contribution is -2.47. The van der Waals surface area contributed by atoms with Gasteiger partial charge in [0.15, 0.2) is 0 Å². The van der Waals surface area contributed by atoms with Gasteiger partial charge in [-0.05, 0) is 18.4 Å². The molecule has 0 aliphatic carbocycles. The first kappa shape index (κ1) is 16.5.